The van der Waals surface area contributed by atoms with E-state index in [1.807, 2.05) is 16.7 Å². The number of rotatable bonds is 1. The van der Waals surface area contributed by atoms with Crippen LogP contribution >= 0.6 is 0 Å². The average molecular weight is 465 g/mol. The van der Waals surface area contributed by atoms with E-state index in [0.717, 1.165) is 32.4 Å². The minimum absolute atomic E-state index is 0.0789. The van der Waals surface area contributed by atoms with Gasteiger partial charge in [-0.15, -0.1) is 10.2 Å². The molecule has 2 aliphatic heterocycles. The van der Waals surface area contributed by atoms with Gasteiger partial charge in [-0.1, -0.05) is 13.0 Å². The molecule has 1 aromatic carbocycles. The minimum atomic E-state index is -0.375. The Labute approximate surface area is 198 Å². The summed E-state index contributed by atoms with van der Waals surface area (Å²) in [6.07, 6.45) is 4.12. The number of pyridine rings is 1. The van der Waals surface area contributed by atoms with Gasteiger partial charge >= 0.3 is 0 Å². The van der Waals surface area contributed by atoms with Gasteiger partial charge in [0.1, 0.15) is 29.4 Å². The molecule has 3 aromatic rings. The van der Waals surface area contributed by atoms with Crippen LogP contribution in [0, 0.1) is 11.7 Å². The van der Waals surface area contributed by atoms with Gasteiger partial charge in [0, 0.05) is 12.6 Å². The van der Waals surface area contributed by atoms with Crippen molar-refractivity contribution in [2.75, 3.05) is 32.1 Å². The number of likely N-dealkylation sites (tertiary alicyclic amines) is 1. The number of nitrogens with one attached hydrogen (secondary N) is 1. The van der Waals surface area contributed by atoms with Gasteiger partial charge in [0.25, 0.3) is 5.91 Å². The average Bonchev–Trinajstić information content (AvgIpc) is 3.27. The summed E-state index contributed by atoms with van der Waals surface area (Å²) in [4.78, 5) is 20.2. The molecular weight excluding hydrogens is 435 g/mol. The molecule has 2 aliphatic rings. The third-order valence-electron chi connectivity index (χ3n) is 6.71. The van der Waals surface area contributed by atoms with Gasteiger partial charge in [0.15, 0.2) is 5.82 Å². The largest absolute Gasteiger partial charge is 0.493 e. The highest BCUT2D eigenvalue weighted by Gasteiger charge is 2.25. The second kappa shape index (κ2) is 9.50. The second-order valence-electron chi connectivity index (χ2n) is 9.36. The fraction of sp³-hybridized carbons (Fsp3) is 0.440. The van der Waals surface area contributed by atoms with E-state index >= 15 is 4.39 Å². The molecule has 4 heterocycles. The van der Waals surface area contributed by atoms with Crippen molar-refractivity contribution >= 4 is 11.7 Å². The number of benzene rings is 1. The Balaban J connectivity index is 1.52. The van der Waals surface area contributed by atoms with Crippen molar-refractivity contribution in [2.45, 2.75) is 38.6 Å². The van der Waals surface area contributed by atoms with E-state index in [9.17, 15) is 4.79 Å². The molecular formula is C25H29FN6O2. The Bertz CT molecular complexity index is 1190. The highest BCUT2D eigenvalue weighted by molar-refractivity contribution is 6.06. The first-order valence-electron chi connectivity index (χ1n) is 11.8. The predicted molar refractivity (Wildman–Crippen MR) is 126 cm³/mol. The zero-order chi connectivity index (χ0) is 23.7. The summed E-state index contributed by atoms with van der Waals surface area (Å²) in [6, 6.07) is 8.43. The minimum Gasteiger partial charge on any atom is -0.493 e. The summed E-state index contributed by atoms with van der Waals surface area (Å²) in [5.41, 5.74) is 1.53. The Morgan fingerprint density at radius 3 is 2.82 bits per heavy atom. The maximum atomic E-state index is 15.2. The number of amides is 1. The first-order chi connectivity index (χ1) is 16.5. The highest BCUT2D eigenvalue weighted by atomic mass is 19.1. The molecule has 2 aromatic heterocycles. The van der Waals surface area contributed by atoms with Crippen LogP contribution in [0.4, 0.5) is 10.2 Å². The molecule has 0 spiro atoms. The van der Waals surface area contributed by atoms with Crippen LogP contribution in [0.1, 0.15) is 48.0 Å². The Kier molecular flexibility index (Phi) is 6.28. The molecule has 1 saturated heterocycles. The van der Waals surface area contributed by atoms with Crippen LogP contribution in [0.2, 0.25) is 0 Å². The zero-order valence-electron chi connectivity index (χ0n) is 19.5. The molecule has 0 unspecified atom stereocenters. The van der Waals surface area contributed by atoms with Crippen molar-refractivity contribution in [1.82, 2.24) is 24.6 Å². The third-order valence-corrected chi connectivity index (χ3v) is 6.71. The smallest absolute Gasteiger partial charge is 0.260 e. The number of hydrogen-bond acceptors (Lipinski definition) is 6. The summed E-state index contributed by atoms with van der Waals surface area (Å²) >= 11 is 0. The number of fused-ring (bicyclic) bond motifs is 5. The zero-order valence-corrected chi connectivity index (χ0v) is 19.5. The number of anilines is 1. The normalized spacial score (nSPS) is 20.0. The Morgan fingerprint density at radius 2 is 2.00 bits per heavy atom. The van der Waals surface area contributed by atoms with Crippen molar-refractivity contribution < 1.29 is 13.9 Å². The number of ether oxygens (including phenoxy) is 1. The fourth-order valence-electron chi connectivity index (χ4n) is 4.70. The van der Waals surface area contributed by atoms with E-state index in [-0.39, 0.29) is 29.3 Å². The molecule has 0 aliphatic carbocycles. The maximum Gasteiger partial charge on any atom is 0.260 e. The molecule has 1 fully saturated rings. The predicted octanol–water partition coefficient (Wildman–Crippen LogP) is 3.96. The van der Waals surface area contributed by atoms with Crippen LogP contribution in [0.5, 0.6) is 5.75 Å². The first kappa shape index (κ1) is 22.5. The van der Waals surface area contributed by atoms with Crippen molar-refractivity contribution in [2.24, 2.45) is 5.92 Å². The number of halogens is 1. The molecule has 9 heteroatoms. The van der Waals surface area contributed by atoms with E-state index in [4.69, 9.17) is 4.74 Å². The van der Waals surface area contributed by atoms with Gasteiger partial charge in [0.2, 0.25) is 0 Å². The van der Waals surface area contributed by atoms with Gasteiger partial charge in [-0.2, -0.15) is 0 Å². The van der Waals surface area contributed by atoms with E-state index in [0.29, 0.717) is 41.6 Å². The number of carbonyl (C=O) groups is 1. The third kappa shape index (κ3) is 4.65. The molecule has 2 bridgehead atoms. The van der Waals surface area contributed by atoms with Crippen LogP contribution in [0.25, 0.3) is 11.5 Å². The number of nitrogens with zero attached hydrogens (tertiary/aromatic N) is 5. The van der Waals surface area contributed by atoms with Gasteiger partial charge in [-0.05, 0) is 75.0 Å². The second-order valence-corrected chi connectivity index (χ2v) is 9.36. The van der Waals surface area contributed by atoms with Gasteiger partial charge < -0.3 is 19.5 Å². The van der Waals surface area contributed by atoms with Crippen molar-refractivity contribution in [3.63, 3.8) is 0 Å². The van der Waals surface area contributed by atoms with Crippen LogP contribution in [0.15, 0.2) is 36.7 Å². The maximum absolute atomic E-state index is 15.2. The topological polar surface area (TPSA) is 85.2 Å². The van der Waals surface area contributed by atoms with E-state index in [1.165, 1.54) is 6.07 Å². The molecule has 0 saturated carbocycles. The first-order valence-corrected chi connectivity index (χ1v) is 11.8. The highest BCUT2D eigenvalue weighted by Crippen LogP contribution is 2.34. The molecule has 5 rings (SSSR count). The van der Waals surface area contributed by atoms with Crippen molar-refractivity contribution in [3.8, 4) is 17.3 Å². The lowest BCUT2D eigenvalue weighted by Gasteiger charge is -2.29. The number of aromatic nitrogens is 4. The van der Waals surface area contributed by atoms with Crippen molar-refractivity contribution in [1.29, 1.82) is 0 Å². The Morgan fingerprint density at radius 1 is 1.18 bits per heavy atom. The fourth-order valence-corrected chi connectivity index (χ4v) is 4.70. The lowest BCUT2D eigenvalue weighted by Crippen LogP contribution is -2.29. The number of piperidine rings is 1. The quantitative estimate of drug-likeness (QED) is 0.587. The SMILES string of the molecule is C[C@H]1CCOc2cc(F)c(C3CCN(C)CC3)cc2C(=O)Nc2cccc(n2)-c2nncn2C1. The van der Waals surface area contributed by atoms with E-state index in [1.54, 1.807) is 18.5 Å². The Hall–Kier alpha value is -3.33. The van der Waals surface area contributed by atoms with E-state index in [2.05, 4.69) is 39.4 Å². The van der Waals surface area contributed by atoms with Crippen molar-refractivity contribution in [3.05, 3.63) is 53.6 Å². The molecule has 8 nitrogen and oxygen atoms in total. The van der Waals surface area contributed by atoms with E-state index < -0.39 is 0 Å². The molecule has 178 valence electrons. The molecule has 1 N–H and O–H groups in total. The lowest BCUT2D eigenvalue weighted by molar-refractivity contribution is 0.102. The van der Waals surface area contributed by atoms with Crippen LogP contribution in [-0.4, -0.2) is 57.3 Å². The summed E-state index contributed by atoms with van der Waals surface area (Å²) in [7, 11) is 2.07. The van der Waals surface area contributed by atoms with Gasteiger partial charge in [-0.25, -0.2) is 9.37 Å². The standard InChI is InChI=1S/C25H29FN6O2/c1-16-8-11-34-22-13-20(26)18(17-6-9-31(2)10-7-17)12-19(22)25(33)29-23-5-3-4-21(28-23)24-30-27-15-32(24)14-16/h3-5,12-13,15-17H,6-11,14H2,1-2H3,(H,28,29,33)/t16-/m0/s1. The molecule has 1 amide bonds. The summed E-state index contributed by atoms with van der Waals surface area (Å²) in [6.45, 7) is 4.99. The van der Waals surface area contributed by atoms with Crippen LogP contribution in [0.3, 0.4) is 0 Å². The molecule has 34 heavy (non-hydrogen) atoms. The monoisotopic (exact) mass is 464 g/mol. The van der Waals surface area contributed by atoms with Crippen LogP contribution < -0.4 is 10.1 Å². The lowest BCUT2D eigenvalue weighted by atomic mass is 9.88. The number of hydrogen-bond donors (Lipinski definition) is 1. The molecule has 1 atom stereocenters. The number of carbonyl (C=O) groups excluding carboxylic acids is 1. The van der Waals surface area contributed by atoms with Gasteiger partial charge in [-0.3, -0.25) is 4.79 Å². The van der Waals surface area contributed by atoms with Gasteiger partial charge in [0.05, 0.1) is 12.2 Å². The summed E-state index contributed by atoms with van der Waals surface area (Å²) < 4.78 is 23.1. The summed E-state index contributed by atoms with van der Waals surface area (Å²) in [5.74, 6) is 0.935. The molecule has 0 radical (unpaired) electrons. The summed E-state index contributed by atoms with van der Waals surface area (Å²) in [5, 5.41) is 11.1. The van der Waals surface area contributed by atoms with Crippen LogP contribution in [-0.2, 0) is 6.54 Å².